The predicted molar refractivity (Wildman–Crippen MR) is 69.0 cm³/mol. The number of hydrogen-bond acceptors (Lipinski definition) is 3. The average molecular weight is 319 g/mol. The van der Waals surface area contributed by atoms with Crippen molar-refractivity contribution in [3.05, 3.63) is 52.4 Å². The monoisotopic (exact) mass is 318 g/mol. The van der Waals surface area contributed by atoms with Crippen LogP contribution in [0.4, 0.5) is 17.6 Å². The lowest BCUT2D eigenvalue weighted by Crippen LogP contribution is -2.05. The fraction of sp³-hybridized carbons (Fsp3) is 0.0769. The molecule has 0 atom stereocenters. The van der Waals surface area contributed by atoms with Gasteiger partial charge in [0.05, 0.1) is 22.5 Å². The molecule has 0 aliphatic heterocycles. The van der Waals surface area contributed by atoms with Crippen molar-refractivity contribution in [3.63, 3.8) is 0 Å². The minimum Gasteiger partial charge on any atom is -0.411 e. The third-order valence-electron chi connectivity index (χ3n) is 2.65. The Morgan fingerprint density at radius 1 is 1.24 bits per heavy atom. The summed E-state index contributed by atoms with van der Waals surface area (Å²) in [5.74, 6) is -0.748. The standard InChI is InChI=1S/C13H7ClF4N2O/c14-10-4-11(15)9(3-7(10)5-20-21)12-2-1-8(6-19-12)13(16,17)18/h1-6,21H. The molecule has 21 heavy (non-hydrogen) atoms. The third kappa shape index (κ3) is 3.30. The molecule has 1 N–H and O–H groups in total. The number of benzene rings is 1. The first-order valence-corrected chi connectivity index (χ1v) is 5.91. The number of alkyl halides is 3. The van der Waals surface area contributed by atoms with Crippen LogP contribution in [0, 0.1) is 5.82 Å². The van der Waals surface area contributed by atoms with Crippen LogP contribution in [-0.4, -0.2) is 16.4 Å². The summed E-state index contributed by atoms with van der Waals surface area (Å²) in [4.78, 5) is 3.60. The normalized spacial score (nSPS) is 12.0. The molecule has 0 bridgehead atoms. The van der Waals surface area contributed by atoms with Crippen molar-refractivity contribution in [2.45, 2.75) is 6.18 Å². The van der Waals surface area contributed by atoms with E-state index in [1.165, 1.54) is 6.07 Å². The highest BCUT2D eigenvalue weighted by Crippen LogP contribution is 2.31. The molecular formula is C13H7ClF4N2O. The van der Waals surface area contributed by atoms with Gasteiger partial charge in [0, 0.05) is 17.3 Å². The summed E-state index contributed by atoms with van der Waals surface area (Å²) >= 11 is 5.74. The number of nitrogens with zero attached hydrogens (tertiary/aromatic N) is 2. The molecular weight excluding hydrogens is 312 g/mol. The van der Waals surface area contributed by atoms with Crippen LogP contribution in [-0.2, 0) is 6.18 Å². The topological polar surface area (TPSA) is 45.5 Å². The van der Waals surface area contributed by atoms with E-state index < -0.39 is 17.6 Å². The van der Waals surface area contributed by atoms with Crippen molar-refractivity contribution in [1.29, 1.82) is 0 Å². The molecule has 3 nitrogen and oxygen atoms in total. The minimum absolute atomic E-state index is 0.000890. The lowest BCUT2D eigenvalue weighted by Gasteiger charge is -2.08. The van der Waals surface area contributed by atoms with E-state index in [4.69, 9.17) is 16.8 Å². The highest BCUT2D eigenvalue weighted by atomic mass is 35.5. The first kappa shape index (κ1) is 15.2. The van der Waals surface area contributed by atoms with Gasteiger partial charge in [-0.1, -0.05) is 16.8 Å². The van der Waals surface area contributed by atoms with Crippen molar-refractivity contribution < 1.29 is 22.8 Å². The second-order valence-electron chi connectivity index (χ2n) is 4.03. The molecule has 1 heterocycles. The van der Waals surface area contributed by atoms with Gasteiger partial charge in [-0.3, -0.25) is 4.98 Å². The molecule has 1 aromatic heterocycles. The maximum absolute atomic E-state index is 13.8. The Hall–Kier alpha value is -2.15. The summed E-state index contributed by atoms with van der Waals surface area (Å²) in [6.07, 6.45) is -2.92. The number of oxime groups is 1. The van der Waals surface area contributed by atoms with Gasteiger partial charge >= 0.3 is 6.18 Å². The molecule has 0 radical (unpaired) electrons. The predicted octanol–water partition coefficient (Wildman–Crippen LogP) is 4.37. The van der Waals surface area contributed by atoms with Crippen molar-refractivity contribution in [3.8, 4) is 11.3 Å². The molecule has 2 aromatic rings. The summed E-state index contributed by atoms with van der Waals surface area (Å²) in [5.41, 5.74) is -0.775. The number of rotatable bonds is 2. The zero-order chi connectivity index (χ0) is 15.6. The Balaban J connectivity index is 2.49. The van der Waals surface area contributed by atoms with Gasteiger partial charge in [-0.25, -0.2) is 4.39 Å². The summed E-state index contributed by atoms with van der Waals surface area (Å²) in [6.45, 7) is 0. The van der Waals surface area contributed by atoms with Crippen LogP contribution >= 0.6 is 11.6 Å². The molecule has 1 aromatic carbocycles. The second kappa shape index (κ2) is 5.69. The number of aromatic nitrogens is 1. The molecule has 0 fully saturated rings. The molecule has 0 spiro atoms. The second-order valence-corrected chi connectivity index (χ2v) is 4.44. The first-order chi connectivity index (χ1) is 9.82. The van der Waals surface area contributed by atoms with Gasteiger partial charge < -0.3 is 5.21 Å². The van der Waals surface area contributed by atoms with Crippen LogP contribution in [0.3, 0.4) is 0 Å². The highest BCUT2D eigenvalue weighted by molar-refractivity contribution is 6.33. The molecule has 110 valence electrons. The zero-order valence-corrected chi connectivity index (χ0v) is 11.0. The van der Waals surface area contributed by atoms with Crippen LogP contribution in [0.2, 0.25) is 5.02 Å². The van der Waals surface area contributed by atoms with E-state index in [-0.39, 0.29) is 21.8 Å². The highest BCUT2D eigenvalue weighted by Gasteiger charge is 2.30. The van der Waals surface area contributed by atoms with Gasteiger partial charge in [-0.15, -0.1) is 0 Å². The van der Waals surface area contributed by atoms with Crippen molar-refractivity contribution >= 4 is 17.8 Å². The Morgan fingerprint density at radius 3 is 2.48 bits per heavy atom. The van der Waals surface area contributed by atoms with E-state index >= 15 is 0 Å². The molecule has 2 rings (SSSR count). The lowest BCUT2D eigenvalue weighted by molar-refractivity contribution is -0.137. The molecule has 8 heteroatoms. The van der Waals surface area contributed by atoms with E-state index in [1.54, 1.807) is 0 Å². The van der Waals surface area contributed by atoms with Gasteiger partial charge in [0.25, 0.3) is 0 Å². The lowest BCUT2D eigenvalue weighted by atomic mass is 10.1. The minimum atomic E-state index is -4.52. The molecule has 0 unspecified atom stereocenters. The zero-order valence-electron chi connectivity index (χ0n) is 10.2. The maximum Gasteiger partial charge on any atom is 0.417 e. The Morgan fingerprint density at radius 2 is 1.95 bits per heavy atom. The Bertz CT molecular complexity index is 684. The molecule has 0 aliphatic carbocycles. The van der Waals surface area contributed by atoms with E-state index in [1.807, 2.05) is 0 Å². The van der Waals surface area contributed by atoms with Gasteiger partial charge in [0.1, 0.15) is 5.82 Å². The van der Waals surface area contributed by atoms with Gasteiger partial charge in [0.2, 0.25) is 0 Å². The van der Waals surface area contributed by atoms with Gasteiger partial charge in [-0.05, 0) is 24.3 Å². The summed E-state index contributed by atoms with van der Waals surface area (Å²) in [7, 11) is 0. The van der Waals surface area contributed by atoms with Crippen LogP contribution < -0.4 is 0 Å². The van der Waals surface area contributed by atoms with Crippen molar-refractivity contribution in [1.82, 2.24) is 4.98 Å². The fourth-order valence-corrected chi connectivity index (χ4v) is 1.84. The number of halogens is 5. The van der Waals surface area contributed by atoms with Crippen molar-refractivity contribution in [2.24, 2.45) is 5.16 Å². The molecule has 0 saturated carbocycles. The van der Waals surface area contributed by atoms with Gasteiger partial charge in [-0.2, -0.15) is 13.2 Å². The Kier molecular flexibility index (Phi) is 4.13. The van der Waals surface area contributed by atoms with Crippen LogP contribution in [0.1, 0.15) is 11.1 Å². The third-order valence-corrected chi connectivity index (χ3v) is 2.98. The SMILES string of the molecule is ON=Cc1cc(-c2ccc(C(F)(F)F)cn2)c(F)cc1Cl. The quantitative estimate of drug-likeness (QED) is 0.387. The van der Waals surface area contributed by atoms with Crippen LogP contribution in [0.15, 0.2) is 35.6 Å². The molecule has 0 saturated heterocycles. The van der Waals surface area contributed by atoms with Crippen LogP contribution in [0.5, 0.6) is 0 Å². The van der Waals surface area contributed by atoms with E-state index in [0.29, 0.717) is 6.20 Å². The van der Waals surface area contributed by atoms with E-state index in [0.717, 1.165) is 24.4 Å². The van der Waals surface area contributed by atoms with E-state index in [2.05, 4.69) is 10.1 Å². The van der Waals surface area contributed by atoms with Crippen molar-refractivity contribution in [2.75, 3.05) is 0 Å². The summed E-state index contributed by atoms with van der Waals surface area (Å²) in [5, 5.41) is 11.3. The maximum atomic E-state index is 13.8. The molecule has 0 aliphatic rings. The van der Waals surface area contributed by atoms with Gasteiger partial charge in [0.15, 0.2) is 0 Å². The summed E-state index contributed by atoms with van der Waals surface area (Å²) < 4.78 is 51.2. The summed E-state index contributed by atoms with van der Waals surface area (Å²) in [6, 6.07) is 4.05. The smallest absolute Gasteiger partial charge is 0.411 e. The van der Waals surface area contributed by atoms with E-state index in [9.17, 15) is 17.6 Å². The van der Waals surface area contributed by atoms with Crippen LogP contribution in [0.25, 0.3) is 11.3 Å². The fourth-order valence-electron chi connectivity index (χ4n) is 1.64. The molecule has 0 amide bonds. The number of hydrogen-bond donors (Lipinski definition) is 1. The average Bonchev–Trinajstić information content (AvgIpc) is 2.41. The Labute approximate surface area is 121 Å². The largest absolute Gasteiger partial charge is 0.417 e. The first-order valence-electron chi connectivity index (χ1n) is 5.53. The number of pyridine rings is 1.